The van der Waals surface area contributed by atoms with Gasteiger partial charge in [0.1, 0.15) is 11.5 Å². The molecule has 0 fully saturated rings. The molecule has 0 unspecified atom stereocenters. The molecule has 3 aromatic heterocycles. The lowest BCUT2D eigenvalue weighted by Gasteiger charge is -2.05. The molecule has 5 nitrogen and oxygen atoms in total. The molecule has 0 aliphatic rings. The summed E-state index contributed by atoms with van der Waals surface area (Å²) in [6.45, 7) is 3.85. The molecule has 4 rings (SSSR count). The number of aryl methyl sites for hydroxylation is 2. The predicted molar refractivity (Wildman–Crippen MR) is 116 cm³/mol. The highest BCUT2D eigenvalue weighted by molar-refractivity contribution is 6.31. The number of rotatable bonds is 6. The second kappa shape index (κ2) is 8.40. The number of halogens is 2. The van der Waals surface area contributed by atoms with Gasteiger partial charge in [0.25, 0.3) is 0 Å². The number of fused-ring (bicyclic) bond motifs is 1. The van der Waals surface area contributed by atoms with Crippen LogP contribution in [0, 0.1) is 19.7 Å². The van der Waals surface area contributed by atoms with Crippen molar-refractivity contribution in [2.24, 2.45) is 0 Å². The van der Waals surface area contributed by atoms with Crippen molar-refractivity contribution < 1.29 is 9.18 Å². The van der Waals surface area contributed by atoms with E-state index < -0.39 is 0 Å². The van der Waals surface area contributed by atoms with Crippen LogP contribution >= 0.6 is 11.6 Å². The molecule has 0 saturated carbocycles. The van der Waals surface area contributed by atoms with Crippen LogP contribution in [-0.4, -0.2) is 25.7 Å². The third-order valence-electron chi connectivity index (χ3n) is 5.40. The smallest absolute Gasteiger partial charge is 0.247 e. The first-order valence-electron chi connectivity index (χ1n) is 9.86. The summed E-state index contributed by atoms with van der Waals surface area (Å²) in [7, 11) is 0. The summed E-state index contributed by atoms with van der Waals surface area (Å²) in [5.74, 6) is -0.286. The molecule has 0 aliphatic carbocycles. The molecule has 4 aromatic rings. The molecule has 0 bridgehead atoms. The highest BCUT2D eigenvalue weighted by Crippen LogP contribution is 2.25. The van der Waals surface area contributed by atoms with Gasteiger partial charge in [-0.25, -0.2) is 14.1 Å². The van der Waals surface area contributed by atoms with Crippen molar-refractivity contribution in [1.29, 1.82) is 0 Å². The molecule has 1 aromatic carbocycles. The Labute approximate surface area is 178 Å². The highest BCUT2D eigenvalue weighted by atomic mass is 35.5. The summed E-state index contributed by atoms with van der Waals surface area (Å²) in [6.07, 6.45) is 5.97. The number of aromatic nitrogens is 4. The van der Waals surface area contributed by atoms with Gasteiger partial charge in [-0.3, -0.25) is 4.79 Å². The first kappa shape index (κ1) is 20.3. The van der Waals surface area contributed by atoms with Crippen LogP contribution in [0.2, 0.25) is 5.02 Å². The minimum absolute atomic E-state index is 0.0346. The van der Waals surface area contributed by atoms with Crippen LogP contribution < -0.4 is 0 Å². The van der Waals surface area contributed by atoms with Crippen molar-refractivity contribution in [3.05, 3.63) is 81.6 Å². The summed E-state index contributed by atoms with van der Waals surface area (Å²) in [5, 5.41) is 6.05. The van der Waals surface area contributed by atoms with Crippen molar-refractivity contribution in [3.8, 4) is 0 Å². The van der Waals surface area contributed by atoms with E-state index in [1.807, 2.05) is 26.1 Å². The fraction of sp³-hybridized carbons (Fsp3) is 0.261. The van der Waals surface area contributed by atoms with E-state index in [-0.39, 0.29) is 11.7 Å². The van der Waals surface area contributed by atoms with Crippen LogP contribution in [0.15, 0.2) is 42.7 Å². The SMILES string of the molecule is Cc1nn(C(=O)CCCc2ccc(F)cc2)c(C)c1Cc1c[nH]c2ncc(Cl)cc12. The average molecular weight is 425 g/mol. The maximum absolute atomic E-state index is 13.0. The lowest BCUT2D eigenvalue weighted by Crippen LogP contribution is -2.14. The zero-order chi connectivity index (χ0) is 21.3. The zero-order valence-electron chi connectivity index (χ0n) is 16.9. The monoisotopic (exact) mass is 424 g/mol. The van der Waals surface area contributed by atoms with E-state index in [4.69, 9.17) is 11.6 Å². The minimum atomic E-state index is -0.252. The topological polar surface area (TPSA) is 63.6 Å². The molecule has 7 heteroatoms. The summed E-state index contributed by atoms with van der Waals surface area (Å²) in [6, 6.07) is 8.29. The number of hydrogen-bond acceptors (Lipinski definition) is 3. The van der Waals surface area contributed by atoms with Gasteiger partial charge < -0.3 is 4.98 Å². The third kappa shape index (κ3) is 4.14. The van der Waals surface area contributed by atoms with Gasteiger partial charge in [0.15, 0.2) is 0 Å². The minimum Gasteiger partial charge on any atom is -0.346 e. The van der Waals surface area contributed by atoms with Gasteiger partial charge in [-0.05, 0) is 56.0 Å². The van der Waals surface area contributed by atoms with E-state index in [0.29, 0.717) is 24.3 Å². The van der Waals surface area contributed by atoms with Crippen LogP contribution in [0.3, 0.4) is 0 Å². The van der Waals surface area contributed by atoms with Crippen LogP contribution in [0.4, 0.5) is 4.39 Å². The standard InChI is InChI=1S/C23H22ClFN4O/c1-14-20(10-17-12-26-23-21(17)11-18(24)13-27-23)15(2)29(28-14)22(30)5-3-4-16-6-8-19(25)9-7-16/h6-9,11-13H,3-5,10H2,1-2H3,(H,26,27). The molecule has 154 valence electrons. The molecular weight excluding hydrogens is 403 g/mol. The van der Waals surface area contributed by atoms with Crippen LogP contribution in [0.25, 0.3) is 11.0 Å². The molecule has 0 atom stereocenters. The molecule has 0 spiro atoms. The fourth-order valence-corrected chi connectivity index (χ4v) is 3.90. The Bertz CT molecular complexity index is 1210. The largest absolute Gasteiger partial charge is 0.346 e. The molecule has 0 saturated heterocycles. The predicted octanol–water partition coefficient (Wildman–Crippen LogP) is 5.42. The zero-order valence-corrected chi connectivity index (χ0v) is 17.6. The lowest BCUT2D eigenvalue weighted by molar-refractivity contribution is 0.0881. The van der Waals surface area contributed by atoms with Gasteiger partial charge in [0, 0.05) is 41.9 Å². The Morgan fingerprint density at radius 2 is 2.00 bits per heavy atom. The van der Waals surface area contributed by atoms with E-state index >= 15 is 0 Å². The number of nitrogens with one attached hydrogen (secondary N) is 1. The Hall–Kier alpha value is -2.99. The number of nitrogens with zero attached hydrogens (tertiary/aromatic N) is 3. The first-order valence-corrected chi connectivity index (χ1v) is 10.2. The molecule has 30 heavy (non-hydrogen) atoms. The highest BCUT2D eigenvalue weighted by Gasteiger charge is 2.18. The Kier molecular flexibility index (Phi) is 5.68. The average Bonchev–Trinajstić information content (AvgIpc) is 3.25. The number of aromatic amines is 1. The van der Waals surface area contributed by atoms with Gasteiger partial charge in [-0.2, -0.15) is 5.10 Å². The van der Waals surface area contributed by atoms with Crippen LogP contribution in [0.5, 0.6) is 0 Å². The molecule has 0 amide bonds. The van der Waals surface area contributed by atoms with E-state index in [9.17, 15) is 9.18 Å². The van der Waals surface area contributed by atoms with Crippen molar-refractivity contribution >= 4 is 28.5 Å². The van der Waals surface area contributed by atoms with E-state index in [2.05, 4.69) is 15.1 Å². The summed E-state index contributed by atoms with van der Waals surface area (Å²) in [5.41, 5.74) is 5.59. The maximum atomic E-state index is 13.0. The number of H-pyrrole nitrogens is 1. The number of benzene rings is 1. The third-order valence-corrected chi connectivity index (χ3v) is 5.60. The summed E-state index contributed by atoms with van der Waals surface area (Å²) < 4.78 is 14.5. The van der Waals surface area contributed by atoms with Crippen molar-refractivity contribution in [1.82, 2.24) is 19.7 Å². The number of carbonyl (C=O) groups is 1. The normalized spacial score (nSPS) is 11.3. The number of carbonyl (C=O) groups excluding carboxylic acids is 1. The fourth-order valence-electron chi connectivity index (χ4n) is 3.74. The lowest BCUT2D eigenvalue weighted by atomic mass is 10.0. The Morgan fingerprint density at radius 3 is 2.77 bits per heavy atom. The molecule has 3 heterocycles. The molecule has 0 radical (unpaired) electrons. The van der Waals surface area contributed by atoms with Gasteiger partial charge in [0.2, 0.25) is 5.91 Å². The van der Waals surface area contributed by atoms with Gasteiger partial charge in [0.05, 0.1) is 10.7 Å². The van der Waals surface area contributed by atoms with Crippen LogP contribution in [-0.2, 0) is 12.8 Å². The number of pyridine rings is 1. The molecule has 0 aliphatic heterocycles. The van der Waals surface area contributed by atoms with E-state index in [1.165, 1.54) is 16.8 Å². The second-order valence-electron chi connectivity index (χ2n) is 7.48. The van der Waals surface area contributed by atoms with E-state index in [0.717, 1.165) is 45.5 Å². The Morgan fingerprint density at radius 1 is 1.23 bits per heavy atom. The maximum Gasteiger partial charge on any atom is 0.247 e. The van der Waals surface area contributed by atoms with Crippen molar-refractivity contribution in [3.63, 3.8) is 0 Å². The van der Waals surface area contributed by atoms with Gasteiger partial charge in [-0.1, -0.05) is 23.7 Å². The second-order valence-corrected chi connectivity index (χ2v) is 7.91. The molecule has 1 N–H and O–H groups in total. The first-order chi connectivity index (χ1) is 14.4. The van der Waals surface area contributed by atoms with Crippen molar-refractivity contribution in [2.45, 2.75) is 39.5 Å². The summed E-state index contributed by atoms with van der Waals surface area (Å²) >= 11 is 6.10. The molecular formula is C23H22ClFN4O. The van der Waals surface area contributed by atoms with Crippen molar-refractivity contribution in [2.75, 3.05) is 0 Å². The number of hydrogen-bond donors (Lipinski definition) is 1. The Balaban J connectivity index is 1.47. The van der Waals surface area contributed by atoms with E-state index in [1.54, 1.807) is 18.3 Å². The van der Waals surface area contributed by atoms with Gasteiger partial charge in [-0.15, -0.1) is 0 Å². The summed E-state index contributed by atoms with van der Waals surface area (Å²) in [4.78, 5) is 20.2. The van der Waals surface area contributed by atoms with Crippen LogP contribution in [0.1, 0.15) is 45.7 Å². The van der Waals surface area contributed by atoms with Gasteiger partial charge >= 0.3 is 0 Å². The quantitative estimate of drug-likeness (QED) is 0.449.